The van der Waals surface area contributed by atoms with E-state index in [1.54, 1.807) is 0 Å². The van der Waals surface area contributed by atoms with Crippen LogP contribution >= 0.6 is 0 Å². The minimum absolute atomic E-state index is 0.183. The summed E-state index contributed by atoms with van der Waals surface area (Å²) in [6.45, 7) is 20.3. The van der Waals surface area contributed by atoms with Crippen molar-refractivity contribution in [2.45, 2.75) is 99.1 Å². The van der Waals surface area contributed by atoms with Crippen LogP contribution in [0, 0.1) is 5.92 Å². The molecule has 0 aromatic rings. The van der Waals surface area contributed by atoms with Crippen molar-refractivity contribution in [1.82, 2.24) is 10.6 Å². The number of hydrogen-bond acceptors (Lipinski definition) is 4. The maximum Gasteiger partial charge on any atom is 0.0933 e. The molecule has 3 N–H and O–H groups in total. The quantitative estimate of drug-likeness (QED) is 0.371. The van der Waals surface area contributed by atoms with Crippen LogP contribution in [-0.2, 0) is 4.74 Å². The first kappa shape index (κ1) is 29.6. The maximum atomic E-state index is 8.50. The molecule has 1 atom stereocenters. The lowest BCUT2D eigenvalue weighted by molar-refractivity contribution is 0.259. The highest BCUT2D eigenvalue weighted by molar-refractivity contribution is 4.74. The van der Waals surface area contributed by atoms with Gasteiger partial charge in [-0.15, -0.1) is 0 Å². The molecular formula is C21H50N2O2. The van der Waals surface area contributed by atoms with Crippen molar-refractivity contribution in [2.75, 3.05) is 33.4 Å². The molecule has 4 heteroatoms. The topological polar surface area (TPSA) is 56.8 Å². The van der Waals surface area contributed by atoms with Crippen molar-refractivity contribution >= 4 is 0 Å². The fourth-order valence-corrected chi connectivity index (χ4v) is 1.90. The number of nitrogens with one attached hydrogen (secondary N) is 2. The maximum absolute atomic E-state index is 8.50. The molecule has 1 saturated heterocycles. The van der Waals surface area contributed by atoms with Gasteiger partial charge in [-0.1, -0.05) is 54.4 Å². The van der Waals surface area contributed by atoms with E-state index in [4.69, 9.17) is 9.84 Å². The Balaban J connectivity index is -0.000000332. The van der Waals surface area contributed by atoms with Crippen molar-refractivity contribution in [2.24, 2.45) is 5.92 Å². The summed E-state index contributed by atoms with van der Waals surface area (Å²) in [6, 6.07) is 0. The second-order valence-corrected chi connectivity index (χ2v) is 7.01. The third-order valence-electron chi connectivity index (χ3n) is 3.80. The molecule has 1 fully saturated rings. The molecule has 25 heavy (non-hydrogen) atoms. The van der Waals surface area contributed by atoms with E-state index < -0.39 is 0 Å². The Morgan fingerprint density at radius 1 is 1.08 bits per heavy atom. The summed E-state index contributed by atoms with van der Waals surface area (Å²) in [5, 5.41) is 15.1. The van der Waals surface area contributed by atoms with Crippen molar-refractivity contribution in [3.8, 4) is 0 Å². The van der Waals surface area contributed by atoms with Crippen LogP contribution in [0.25, 0.3) is 0 Å². The lowest BCUT2D eigenvalue weighted by atomic mass is 9.99. The summed E-state index contributed by atoms with van der Waals surface area (Å²) < 4.78 is 5.09. The van der Waals surface area contributed by atoms with E-state index in [9.17, 15) is 0 Å². The summed E-state index contributed by atoms with van der Waals surface area (Å²) in [6.07, 6.45) is 6.48. The standard InChI is InChI=1S/C10H21NO.C7H17NO.2C2H6/c1-9(2)5-3-4-6-11-7-10-8-12-10;1-7(2,8-3)5-4-6-9;2*1-2/h9-11H,3-8H2,1-2H3;8-9H,4-6H2,1-3H3;2*1-2H3. The molecular weight excluding hydrogens is 312 g/mol. The third kappa shape index (κ3) is 28.9. The van der Waals surface area contributed by atoms with Gasteiger partial charge in [-0.3, -0.25) is 0 Å². The highest BCUT2D eigenvalue weighted by Crippen LogP contribution is 2.09. The Hall–Kier alpha value is -0.160. The second kappa shape index (κ2) is 21.9. The smallest absolute Gasteiger partial charge is 0.0933 e. The highest BCUT2D eigenvalue weighted by atomic mass is 16.6. The average molecular weight is 363 g/mol. The summed E-state index contributed by atoms with van der Waals surface area (Å²) in [4.78, 5) is 0. The molecule has 1 rings (SSSR count). The number of hydrogen-bond donors (Lipinski definition) is 3. The van der Waals surface area contributed by atoms with Gasteiger partial charge in [0, 0.05) is 18.7 Å². The monoisotopic (exact) mass is 362 g/mol. The van der Waals surface area contributed by atoms with E-state index in [0.717, 1.165) is 38.5 Å². The van der Waals surface area contributed by atoms with Crippen LogP contribution in [0.3, 0.4) is 0 Å². The fraction of sp³-hybridized carbons (Fsp3) is 1.00. The van der Waals surface area contributed by atoms with Gasteiger partial charge in [0.1, 0.15) is 0 Å². The van der Waals surface area contributed by atoms with Crippen LogP contribution in [0.5, 0.6) is 0 Å². The zero-order chi connectivity index (χ0) is 20.1. The number of aliphatic hydroxyl groups excluding tert-OH is 1. The Labute approximate surface area is 159 Å². The van der Waals surface area contributed by atoms with Gasteiger partial charge in [-0.05, 0) is 52.6 Å². The fourth-order valence-electron chi connectivity index (χ4n) is 1.90. The summed E-state index contributed by atoms with van der Waals surface area (Å²) in [7, 11) is 1.94. The molecule has 4 nitrogen and oxygen atoms in total. The van der Waals surface area contributed by atoms with E-state index in [-0.39, 0.29) is 5.54 Å². The van der Waals surface area contributed by atoms with Gasteiger partial charge in [0.05, 0.1) is 12.7 Å². The van der Waals surface area contributed by atoms with Gasteiger partial charge in [-0.2, -0.15) is 0 Å². The van der Waals surface area contributed by atoms with Crippen molar-refractivity contribution in [3.63, 3.8) is 0 Å². The first-order chi connectivity index (χ1) is 11.9. The van der Waals surface area contributed by atoms with Crippen molar-refractivity contribution < 1.29 is 9.84 Å². The number of rotatable bonds is 11. The first-order valence-corrected chi connectivity index (χ1v) is 10.5. The molecule has 0 bridgehead atoms. The third-order valence-corrected chi connectivity index (χ3v) is 3.80. The Kier molecular flexibility index (Phi) is 25.9. The van der Waals surface area contributed by atoms with E-state index in [1.165, 1.54) is 19.3 Å². The normalized spacial score (nSPS) is 15.2. The number of epoxide rings is 1. The zero-order valence-electron chi connectivity index (χ0n) is 18.9. The van der Waals surface area contributed by atoms with Crippen LogP contribution < -0.4 is 10.6 Å². The van der Waals surface area contributed by atoms with Crippen molar-refractivity contribution in [3.05, 3.63) is 0 Å². The molecule has 0 aliphatic carbocycles. The van der Waals surface area contributed by atoms with Gasteiger partial charge < -0.3 is 20.5 Å². The molecule has 0 radical (unpaired) electrons. The molecule has 1 aliphatic heterocycles. The largest absolute Gasteiger partial charge is 0.396 e. The van der Waals surface area contributed by atoms with Crippen LogP contribution in [0.2, 0.25) is 0 Å². The lowest BCUT2D eigenvalue weighted by Gasteiger charge is -2.22. The predicted octanol–water partition coefficient (Wildman–Crippen LogP) is 4.61. The molecule has 1 unspecified atom stereocenters. The van der Waals surface area contributed by atoms with Crippen LogP contribution in [0.15, 0.2) is 0 Å². The molecule has 156 valence electrons. The van der Waals surface area contributed by atoms with Crippen LogP contribution in [0.4, 0.5) is 0 Å². The summed E-state index contributed by atoms with van der Waals surface area (Å²) in [5.74, 6) is 0.858. The molecule has 0 amide bonds. The molecule has 1 aliphatic rings. The SMILES string of the molecule is CC.CC.CC(C)CCCCNCC1CO1.CNC(C)(C)CCCO. The summed E-state index contributed by atoms with van der Waals surface area (Å²) >= 11 is 0. The molecule has 0 saturated carbocycles. The number of aliphatic hydroxyl groups is 1. The first-order valence-electron chi connectivity index (χ1n) is 10.5. The number of unbranched alkanes of at least 4 members (excludes halogenated alkanes) is 1. The van der Waals surface area contributed by atoms with E-state index in [2.05, 4.69) is 38.3 Å². The van der Waals surface area contributed by atoms with Crippen LogP contribution in [0.1, 0.15) is 87.5 Å². The van der Waals surface area contributed by atoms with E-state index >= 15 is 0 Å². The molecule has 1 heterocycles. The Morgan fingerprint density at radius 3 is 2.04 bits per heavy atom. The zero-order valence-corrected chi connectivity index (χ0v) is 18.9. The number of ether oxygens (including phenoxy) is 1. The van der Waals surface area contributed by atoms with Crippen molar-refractivity contribution in [1.29, 1.82) is 0 Å². The molecule has 0 aromatic heterocycles. The van der Waals surface area contributed by atoms with Gasteiger partial charge in [0.25, 0.3) is 0 Å². The van der Waals surface area contributed by atoms with Gasteiger partial charge in [0.2, 0.25) is 0 Å². The molecule has 0 aromatic carbocycles. The minimum Gasteiger partial charge on any atom is -0.396 e. The molecule has 0 spiro atoms. The Morgan fingerprint density at radius 2 is 1.64 bits per heavy atom. The van der Waals surface area contributed by atoms with E-state index in [1.807, 2.05) is 34.7 Å². The Bertz CT molecular complexity index is 224. The summed E-state index contributed by atoms with van der Waals surface area (Å²) in [5.41, 5.74) is 0.183. The van der Waals surface area contributed by atoms with Crippen LogP contribution in [-0.4, -0.2) is 50.1 Å². The van der Waals surface area contributed by atoms with E-state index in [0.29, 0.717) is 12.7 Å². The van der Waals surface area contributed by atoms with Gasteiger partial charge in [0.15, 0.2) is 0 Å². The predicted molar refractivity (Wildman–Crippen MR) is 113 cm³/mol. The minimum atomic E-state index is 0.183. The van der Waals surface area contributed by atoms with Gasteiger partial charge >= 0.3 is 0 Å². The van der Waals surface area contributed by atoms with Gasteiger partial charge in [-0.25, -0.2) is 0 Å². The average Bonchev–Trinajstić information content (AvgIpc) is 3.44. The second-order valence-electron chi connectivity index (χ2n) is 7.01. The highest BCUT2D eigenvalue weighted by Gasteiger charge is 2.20. The lowest BCUT2D eigenvalue weighted by Crippen LogP contribution is -2.36.